The Morgan fingerprint density at radius 3 is 2.90 bits per heavy atom. The zero-order valence-electron chi connectivity index (χ0n) is 11.8. The summed E-state index contributed by atoms with van der Waals surface area (Å²) in [6.07, 6.45) is 4.70. The summed E-state index contributed by atoms with van der Waals surface area (Å²) in [6, 6.07) is 1.65. The van der Waals surface area contributed by atoms with Crippen LogP contribution in [0.4, 0.5) is 5.69 Å². The third kappa shape index (κ3) is 3.74. The third-order valence-electron chi connectivity index (χ3n) is 3.70. The van der Waals surface area contributed by atoms with Crippen molar-refractivity contribution in [3.05, 3.63) is 33.1 Å². The lowest BCUT2D eigenvalue weighted by Crippen LogP contribution is -2.34. The molecule has 1 aromatic rings. The zero-order chi connectivity index (χ0) is 14.4. The van der Waals surface area contributed by atoms with Crippen LogP contribution in [0, 0.1) is 5.92 Å². The van der Waals surface area contributed by atoms with E-state index in [-0.39, 0.29) is 5.56 Å². The van der Waals surface area contributed by atoms with Gasteiger partial charge in [-0.2, -0.15) is 5.10 Å². The number of anilines is 1. The molecule has 0 atom stereocenters. The van der Waals surface area contributed by atoms with E-state index in [2.05, 4.69) is 26.9 Å². The SMILES string of the molecule is CC1CCN(c2cnn(CCCN=[N+]=[N-])c(=O)c2)CC1. The summed E-state index contributed by atoms with van der Waals surface area (Å²) in [4.78, 5) is 16.9. The van der Waals surface area contributed by atoms with Crippen LogP contribution in [-0.2, 0) is 6.54 Å². The van der Waals surface area contributed by atoms with Gasteiger partial charge in [-0.05, 0) is 30.7 Å². The second-order valence-corrected chi connectivity index (χ2v) is 5.25. The maximum atomic E-state index is 12.0. The van der Waals surface area contributed by atoms with Gasteiger partial charge < -0.3 is 4.90 Å². The van der Waals surface area contributed by atoms with E-state index in [9.17, 15) is 4.79 Å². The van der Waals surface area contributed by atoms with Gasteiger partial charge in [-0.3, -0.25) is 4.79 Å². The Bertz CT molecular complexity index is 540. The first-order chi connectivity index (χ1) is 9.70. The molecule has 0 aromatic carbocycles. The number of nitrogens with zero attached hydrogens (tertiary/aromatic N) is 6. The highest BCUT2D eigenvalue weighted by atomic mass is 16.1. The molecule has 0 saturated carbocycles. The minimum absolute atomic E-state index is 0.0953. The van der Waals surface area contributed by atoms with Gasteiger partial charge in [0.05, 0.1) is 11.9 Å². The maximum absolute atomic E-state index is 12.0. The van der Waals surface area contributed by atoms with E-state index in [1.807, 2.05) is 0 Å². The monoisotopic (exact) mass is 276 g/mol. The highest BCUT2D eigenvalue weighted by Gasteiger charge is 2.16. The van der Waals surface area contributed by atoms with Crippen LogP contribution in [0.25, 0.3) is 10.4 Å². The molecule has 2 rings (SSSR count). The Hall–Kier alpha value is -2.01. The lowest BCUT2D eigenvalue weighted by atomic mass is 9.99. The fourth-order valence-corrected chi connectivity index (χ4v) is 2.37. The van der Waals surface area contributed by atoms with Crippen molar-refractivity contribution in [2.45, 2.75) is 32.7 Å². The van der Waals surface area contributed by atoms with Crippen LogP contribution in [0.1, 0.15) is 26.2 Å². The van der Waals surface area contributed by atoms with Gasteiger partial charge >= 0.3 is 0 Å². The van der Waals surface area contributed by atoms with Gasteiger partial charge in [-0.25, -0.2) is 4.68 Å². The minimum atomic E-state index is -0.0953. The average molecular weight is 276 g/mol. The third-order valence-corrected chi connectivity index (χ3v) is 3.70. The molecule has 0 spiro atoms. The summed E-state index contributed by atoms with van der Waals surface area (Å²) >= 11 is 0. The van der Waals surface area contributed by atoms with Gasteiger partial charge in [0.1, 0.15) is 0 Å². The predicted molar refractivity (Wildman–Crippen MR) is 77.7 cm³/mol. The van der Waals surface area contributed by atoms with E-state index >= 15 is 0 Å². The first kappa shape index (κ1) is 14.4. The summed E-state index contributed by atoms with van der Waals surface area (Å²) in [5.41, 5.74) is 9.00. The highest BCUT2D eigenvalue weighted by molar-refractivity contribution is 5.43. The molecule has 20 heavy (non-hydrogen) atoms. The van der Waals surface area contributed by atoms with E-state index in [1.54, 1.807) is 12.3 Å². The summed E-state index contributed by atoms with van der Waals surface area (Å²) in [5.74, 6) is 0.764. The smallest absolute Gasteiger partial charge is 0.268 e. The molecule has 1 aromatic heterocycles. The predicted octanol–water partition coefficient (Wildman–Crippen LogP) is 2.18. The van der Waals surface area contributed by atoms with Gasteiger partial charge in [0.2, 0.25) is 0 Å². The van der Waals surface area contributed by atoms with Crippen LogP contribution in [-0.4, -0.2) is 29.4 Å². The Balaban J connectivity index is 1.98. The summed E-state index contributed by atoms with van der Waals surface area (Å²) in [5, 5.41) is 7.64. The largest absolute Gasteiger partial charge is 0.370 e. The quantitative estimate of drug-likeness (QED) is 0.357. The van der Waals surface area contributed by atoms with Crippen molar-refractivity contribution < 1.29 is 0 Å². The molecular weight excluding hydrogens is 256 g/mol. The molecule has 7 nitrogen and oxygen atoms in total. The summed E-state index contributed by atoms with van der Waals surface area (Å²) in [6.45, 7) is 5.11. The van der Waals surface area contributed by atoms with E-state index in [0.29, 0.717) is 19.5 Å². The number of hydrogen-bond donors (Lipinski definition) is 0. The van der Waals surface area contributed by atoms with Gasteiger partial charge in [-0.1, -0.05) is 12.0 Å². The molecule has 2 heterocycles. The Morgan fingerprint density at radius 2 is 2.25 bits per heavy atom. The van der Waals surface area contributed by atoms with Crippen LogP contribution in [0.2, 0.25) is 0 Å². The van der Waals surface area contributed by atoms with E-state index in [4.69, 9.17) is 5.53 Å². The molecule has 0 amide bonds. The van der Waals surface area contributed by atoms with Crippen LogP contribution >= 0.6 is 0 Å². The Kier molecular flexibility index (Phi) is 5.01. The van der Waals surface area contributed by atoms with Gasteiger partial charge in [0.25, 0.3) is 5.56 Å². The molecule has 1 aliphatic heterocycles. The molecule has 0 N–H and O–H groups in total. The van der Waals surface area contributed by atoms with Crippen molar-refractivity contribution in [2.75, 3.05) is 24.5 Å². The Labute approximate surface area is 117 Å². The van der Waals surface area contributed by atoms with E-state index in [0.717, 1.165) is 37.5 Å². The molecule has 0 bridgehead atoms. The van der Waals surface area contributed by atoms with Crippen molar-refractivity contribution in [3.63, 3.8) is 0 Å². The van der Waals surface area contributed by atoms with Crippen molar-refractivity contribution in [1.29, 1.82) is 0 Å². The fraction of sp³-hybridized carbons (Fsp3) is 0.692. The van der Waals surface area contributed by atoms with Crippen molar-refractivity contribution in [3.8, 4) is 0 Å². The van der Waals surface area contributed by atoms with E-state index < -0.39 is 0 Å². The van der Waals surface area contributed by atoms with Gasteiger partial charge in [-0.15, -0.1) is 0 Å². The lowest BCUT2D eigenvalue weighted by Gasteiger charge is -2.31. The van der Waals surface area contributed by atoms with Crippen LogP contribution in [0.5, 0.6) is 0 Å². The number of aryl methyl sites for hydroxylation is 1. The molecule has 1 saturated heterocycles. The molecule has 108 valence electrons. The molecule has 0 radical (unpaired) electrons. The maximum Gasteiger partial charge on any atom is 0.268 e. The Morgan fingerprint density at radius 1 is 1.50 bits per heavy atom. The fourth-order valence-electron chi connectivity index (χ4n) is 2.37. The second kappa shape index (κ2) is 6.96. The van der Waals surface area contributed by atoms with E-state index in [1.165, 1.54) is 4.68 Å². The topological polar surface area (TPSA) is 86.9 Å². The number of aromatic nitrogens is 2. The zero-order valence-corrected chi connectivity index (χ0v) is 11.8. The molecular formula is C13H20N6O. The first-order valence-corrected chi connectivity index (χ1v) is 7.03. The number of hydrogen-bond acceptors (Lipinski definition) is 4. The summed E-state index contributed by atoms with van der Waals surface area (Å²) < 4.78 is 1.42. The first-order valence-electron chi connectivity index (χ1n) is 7.03. The summed E-state index contributed by atoms with van der Waals surface area (Å²) in [7, 11) is 0. The van der Waals surface area contributed by atoms with Gasteiger partial charge in [0, 0.05) is 37.2 Å². The van der Waals surface area contributed by atoms with Crippen LogP contribution in [0.3, 0.4) is 0 Å². The minimum Gasteiger partial charge on any atom is -0.370 e. The van der Waals surface area contributed by atoms with Crippen molar-refractivity contribution in [1.82, 2.24) is 9.78 Å². The second-order valence-electron chi connectivity index (χ2n) is 5.25. The molecule has 1 fully saturated rings. The van der Waals surface area contributed by atoms with Gasteiger partial charge in [0.15, 0.2) is 0 Å². The molecule has 0 unspecified atom stereocenters. The molecule has 0 aliphatic carbocycles. The highest BCUT2D eigenvalue weighted by Crippen LogP contribution is 2.20. The number of rotatable bonds is 5. The van der Waals surface area contributed by atoms with Crippen molar-refractivity contribution >= 4 is 5.69 Å². The van der Waals surface area contributed by atoms with Crippen LogP contribution < -0.4 is 10.5 Å². The van der Waals surface area contributed by atoms with Crippen LogP contribution in [0.15, 0.2) is 22.2 Å². The number of azide groups is 1. The average Bonchev–Trinajstić information content (AvgIpc) is 2.46. The standard InChI is InChI=1S/C13H20N6O/c1-11-3-7-18(8-4-11)12-9-13(20)19(16-10-12)6-2-5-15-17-14/h9-11H,2-8H2,1H3. The molecule has 1 aliphatic rings. The lowest BCUT2D eigenvalue weighted by molar-refractivity contribution is 0.437. The number of piperidine rings is 1. The normalized spacial score (nSPS) is 15.9. The molecule has 7 heteroatoms. The van der Waals surface area contributed by atoms with Crippen molar-refractivity contribution in [2.24, 2.45) is 11.0 Å².